The van der Waals surface area contributed by atoms with Crippen LogP contribution in [0.1, 0.15) is 24.8 Å². The van der Waals surface area contributed by atoms with Crippen LogP contribution in [0.3, 0.4) is 0 Å². The number of benzene rings is 1. The summed E-state index contributed by atoms with van der Waals surface area (Å²) in [6, 6.07) is 8.66. The average Bonchev–Trinajstić information content (AvgIpc) is 2.86. The molecule has 2 bridgehead atoms. The van der Waals surface area contributed by atoms with E-state index in [2.05, 4.69) is 5.32 Å². The molecule has 3 heteroatoms. The third kappa shape index (κ3) is 2.58. The van der Waals surface area contributed by atoms with Crippen LogP contribution in [0, 0.1) is 30.6 Å². The van der Waals surface area contributed by atoms with Gasteiger partial charge in [0, 0.05) is 12.6 Å². The van der Waals surface area contributed by atoms with Crippen molar-refractivity contribution in [1.82, 2.24) is 5.32 Å². The van der Waals surface area contributed by atoms with Gasteiger partial charge in [-0.05, 0) is 67.6 Å². The molecule has 3 aliphatic carbocycles. The number of rotatable bonds is 6. The Morgan fingerprint density at radius 1 is 1.29 bits per heavy atom. The molecular weight excluding hydrogens is 262 g/mol. The molecule has 3 aliphatic rings. The summed E-state index contributed by atoms with van der Waals surface area (Å²) in [6.07, 6.45) is 3.95. The largest absolute Gasteiger partial charge is 0.491 e. The minimum absolute atomic E-state index is 0.366. The predicted molar refractivity (Wildman–Crippen MR) is 82.3 cm³/mol. The number of aliphatic hydroxyl groups excluding tert-OH is 1. The summed E-state index contributed by atoms with van der Waals surface area (Å²) < 4.78 is 5.66. The topological polar surface area (TPSA) is 41.5 Å². The quantitative estimate of drug-likeness (QED) is 0.844. The van der Waals surface area contributed by atoms with Crippen LogP contribution >= 0.6 is 0 Å². The van der Waals surface area contributed by atoms with Gasteiger partial charge < -0.3 is 15.2 Å². The van der Waals surface area contributed by atoms with E-state index in [1.165, 1.54) is 24.8 Å². The summed E-state index contributed by atoms with van der Waals surface area (Å²) in [4.78, 5) is 0. The third-order valence-corrected chi connectivity index (χ3v) is 5.76. The van der Waals surface area contributed by atoms with Crippen LogP contribution in [0.2, 0.25) is 0 Å². The van der Waals surface area contributed by atoms with Gasteiger partial charge in [0.05, 0.1) is 0 Å². The van der Waals surface area contributed by atoms with Crippen molar-refractivity contribution in [1.29, 1.82) is 0 Å². The highest BCUT2D eigenvalue weighted by molar-refractivity contribution is 5.27. The molecule has 0 saturated heterocycles. The number of nitrogens with one attached hydrogen (secondary N) is 1. The number of ether oxygens (including phenoxy) is 1. The Labute approximate surface area is 126 Å². The van der Waals surface area contributed by atoms with Gasteiger partial charge in [0.25, 0.3) is 0 Å². The molecule has 1 aromatic carbocycles. The van der Waals surface area contributed by atoms with E-state index in [0.29, 0.717) is 19.2 Å². The Hall–Kier alpha value is -1.06. The van der Waals surface area contributed by atoms with Crippen molar-refractivity contribution < 1.29 is 9.84 Å². The Morgan fingerprint density at radius 2 is 2.05 bits per heavy atom. The van der Waals surface area contributed by atoms with E-state index < -0.39 is 6.10 Å². The van der Waals surface area contributed by atoms with Crippen LogP contribution in [0.25, 0.3) is 0 Å². The second-order valence-electron chi connectivity index (χ2n) is 7.20. The molecule has 114 valence electrons. The predicted octanol–water partition coefficient (Wildman–Crippen LogP) is 2.37. The van der Waals surface area contributed by atoms with Gasteiger partial charge in [0.15, 0.2) is 0 Å². The van der Waals surface area contributed by atoms with Gasteiger partial charge in [-0.3, -0.25) is 0 Å². The monoisotopic (exact) mass is 287 g/mol. The number of fused-ring (bicyclic) bond motifs is 5. The molecule has 0 heterocycles. The fraction of sp³-hybridized carbons (Fsp3) is 0.667. The number of hydrogen-bond acceptors (Lipinski definition) is 3. The first-order valence-corrected chi connectivity index (χ1v) is 8.33. The molecule has 0 spiro atoms. The van der Waals surface area contributed by atoms with Crippen molar-refractivity contribution in [3.05, 3.63) is 29.8 Å². The molecule has 5 atom stereocenters. The zero-order valence-electron chi connectivity index (χ0n) is 12.7. The third-order valence-electron chi connectivity index (χ3n) is 5.76. The first-order valence-electron chi connectivity index (χ1n) is 8.33. The Balaban J connectivity index is 1.20. The highest BCUT2D eigenvalue weighted by atomic mass is 16.5. The fourth-order valence-electron chi connectivity index (χ4n) is 4.83. The fourth-order valence-corrected chi connectivity index (χ4v) is 4.83. The van der Waals surface area contributed by atoms with E-state index in [0.717, 1.165) is 29.4 Å². The van der Waals surface area contributed by atoms with Crippen molar-refractivity contribution in [3.8, 4) is 5.75 Å². The van der Waals surface area contributed by atoms with E-state index >= 15 is 0 Å². The minimum Gasteiger partial charge on any atom is -0.491 e. The molecule has 3 nitrogen and oxygen atoms in total. The van der Waals surface area contributed by atoms with Gasteiger partial charge in [-0.15, -0.1) is 0 Å². The lowest BCUT2D eigenvalue weighted by Gasteiger charge is -2.15. The standard InChI is InChI=1S/C18H25NO2/c1-11-3-2-4-15(7-11)21-10-14(20)9-19-18-16-12-5-6-13(8-12)17(16)18/h2-4,7,12-14,16-20H,5-6,8-10H2,1H3. The van der Waals surface area contributed by atoms with Gasteiger partial charge in [-0.25, -0.2) is 0 Å². The molecular formula is C18H25NO2. The summed E-state index contributed by atoms with van der Waals surface area (Å²) in [5, 5.41) is 13.7. The summed E-state index contributed by atoms with van der Waals surface area (Å²) in [7, 11) is 0. The molecule has 3 saturated carbocycles. The highest BCUT2D eigenvalue weighted by Gasteiger charge is 2.64. The van der Waals surface area contributed by atoms with Crippen LogP contribution < -0.4 is 10.1 Å². The zero-order valence-corrected chi connectivity index (χ0v) is 12.7. The lowest BCUT2D eigenvalue weighted by molar-refractivity contribution is 0.105. The Bertz CT molecular complexity index is 502. The van der Waals surface area contributed by atoms with Gasteiger partial charge in [0.1, 0.15) is 18.5 Å². The van der Waals surface area contributed by atoms with Crippen LogP contribution in [0.5, 0.6) is 5.75 Å². The van der Waals surface area contributed by atoms with Crippen molar-refractivity contribution in [2.45, 2.75) is 38.3 Å². The molecule has 1 aromatic rings. The maximum Gasteiger partial charge on any atom is 0.119 e. The van der Waals surface area contributed by atoms with Gasteiger partial charge in [0.2, 0.25) is 0 Å². The average molecular weight is 287 g/mol. The second-order valence-corrected chi connectivity index (χ2v) is 7.20. The minimum atomic E-state index is -0.426. The molecule has 21 heavy (non-hydrogen) atoms. The number of aryl methyl sites for hydroxylation is 1. The lowest BCUT2D eigenvalue weighted by Crippen LogP contribution is -2.34. The van der Waals surface area contributed by atoms with Crippen LogP contribution in [0.4, 0.5) is 0 Å². The lowest BCUT2D eigenvalue weighted by atomic mass is 10.0. The van der Waals surface area contributed by atoms with Gasteiger partial charge >= 0.3 is 0 Å². The molecule has 0 aromatic heterocycles. The molecule has 5 unspecified atom stereocenters. The summed E-state index contributed by atoms with van der Waals surface area (Å²) in [5.41, 5.74) is 1.18. The Kier molecular flexibility index (Phi) is 3.43. The van der Waals surface area contributed by atoms with Crippen LogP contribution in [-0.2, 0) is 0 Å². The summed E-state index contributed by atoms with van der Waals surface area (Å²) in [6.45, 7) is 3.07. The molecule has 0 amide bonds. The first-order chi connectivity index (χ1) is 10.2. The van der Waals surface area contributed by atoms with E-state index in [-0.39, 0.29) is 0 Å². The molecule has 0 radical (unpaired) electrons. The SMILES string of the molecule is Cc1cccc(OCC(O)CNC2C3C4CCC(C4)C23)c1. The van der Waals surface area contributed by atoms with E-state index in [1.54, 1.807) is 0 Å². The molecule has 2 N–H and O–H groups in total. The van der Waals surface area contributed by atoms with Crippen molar-refractivity contribution in [3.63, 3.8) is 0 Å². The maximum absolute atomic E-state index is 10.1. The Morgan fingerprint density at radius 3 is 2.76 bits per heavy atom. The zero-order chi connectivity index (χ0) is 14.4. The first kappa shape index (κ1) is 13.6. The van der Waals surface area contributed by atoms with Crippen molar-refractivity contribution in [2.75, 3.05) is 13.2 Å². The molecule has 3 fully saturated rings. The normalized spacial score (nSPS) is 37.3. The van der Waals surface area contributed by atoms with E-state index in [1.807, 2.05) is 31.2 Å². The van der Waals surface area contributed by atoms with Gasteiger partial charge in [-0.1, -0.05) is 12.1 Å². The summed E-state index contributed by atoms with van der Waals surface area (Å²) >= 11 is 0. The van der Waals surface area contributed by atoms with E-state index in [4.69, 9.17) is 4.74 Å². The van der Waals surface area contributed by atoms with Crippen molar-refractivity contribution >= 4 is 0 Å². The maximum atomic E-state index is 10.1. The van der Waals surface area contributed by atoms with Gasteiger partial charge in [-0.2, -0.15) is 0 Å². The highest BCUT2D eigenvalue weighted by Crippen LogP contribution is 2.65. The summed E-state index contributed by atoms with van der Waals surface area (Å²) in [5.74, 6) is 4.66. The van der Waals surface area contributed by atoms with Crippen molar-refractivity contribution in [2.24, 2.45) is 23.7 Å². The molecule has 0 aliphatic heterocycles. The smallest absolute Gasteiger partial charge is 0.119 e. The van der Waals surface area contributed by atoms with Crippen LogP contribution in [0.15, 0.2) is 24.3 Å². The molecule has 4 rings (SSSR count). The number of hydrogen-bond donors (Lipinski definition) is 2. The number of aliphatic hydroxyl groups is 1. The van der Waals surface area contributed by atoms with Crippen LogP contribution in [-0.4, -0.2) is 30.4 Å². The second kappa shape index (κ2) is 5.29. The van der Waals surface area contributed by atoms with E-state index in [9.17, 15) is 5.11 Å².